The number of nitrogens with one attached hydrogen (secondary N) is 1. The molecule has 2 rings (SSSR count). The third-order valence-corrected chi connectivity index (χ3v) is 3.83. The zero-order valence-electron chi connectivity index (χ0n) is 13.1. The van der Waals surface area contributed by atoms with Crippen molar-refractivity contribution >= 4 is 17.5 Å². The minimum atomic E-state index is -0.448. The molecule has 0 spiro atoms. The first-order valence-corrected chi connectivity index (χ1v) is 7.66. The molecule has 0 aliphatic rings. The Morgan fingerprint density at radius 3 is 2.57 bits per heavy atom. The summed E-state index contributed by atoms with van der Waals surface area (Å²) in [7, 11) is 0. The van der Waals surface area contributed by atoms with E-state index in [0.29, 0.717) is 6.54 Å². The molecular formula is C18H19ClFNO2. The second-order valence-corrected chi connectivity index (χ2v) is 6.30. The lowest BCUT2D eigenvalue weighted by Crippen LogP contribution is -2.38. The highest BCUT2D eigenvalue weighted by Crippen LogP contribution is 2.25. The van der Waals surface area contributed by atoms with E-state index >= 15 is 0 Å². The first-order valence-electron chi connectivity index (χ1n) is 7.28. The summed E-state index contributed by atoms with van der Waals surface area (Å²) in [6.45, 7) is 4.42. The number of carbonyl (C=O) groups is 1. The summed E-state index contributed by atoms with van der Waals surface area (Å²) in [5.74, 6) is -0.420. The summed E-state index contributed by atoms with van der Waals surface area (Å²) >= 11 is 5.85. The van der Waals surface area contributed by atoms with Gasteiger partial charge < -0.3 is 10.1 Å². The van der Waals surface area contributed by atoms with Gasteiger partial charge in [-0.2, -0.15) is 0 Å². The molecule has 0 bridgehead atoms. The van der Waals surface area contributed by atoms with Gasteiger partial charge in [0.05, 0.1) is 5.02 Å². The lowest BCUT2D eigenvalue weighted by atomic mass is 9.84. The predicted molar refractivity (Wildman–Crippen MR) is 89.4 cm³/mol. The Hall–Kier alpha value is -2.07. The largest absolute Gasteiger partial charge is 0.482 e. The van der Waals surface area contributed by atoms with Crippen LogP contribution in [0.5, 0.6) is 5.75 Å². The van der Waals surface area contributed by atoms with Gasteiger partial charge in [-0.25, -0.2) is 4.39 Å². The standard InChI is InChI=1S/C18H19ClFNO2/c1-18(2,13-6-4-3-5-7-13)12-21-17(22)11-23-16-9-8-14(20)10-15(16)19/h3-10H,11-12H2,1-2H3,(H,21,22). The molecule has 3 nitrogen and oxygen atoms in total. The van der Waals surface area contributed by atoms with Crippen molar-refractivity contribution in [2.24, 2.45) is 0 Å². The molecule has 0 aliphatic carbocycles. The van der Waals surface area contributed by atoms with Crippen molar-refractivity contribution in [3.8, 4) is 5.75 Å². The summed E-state index contributed by atoms with van der Waals surface area (Å²) in [5, 5.41) is 2.98. The van der Waals surface area contributed by atoms with Gasteiger partial charge in [0.2, 0.25) is 0 Å². The average molecular weight is 336 g/mol. The van der Waals surface area contributed by atoms with E-state index in [1.807, 2.05) is 30.3 Å². The maximum Gasteiger partial charge on any atom is 0.257 e. The predicted octanol–water partition coefficient (Wildman–Crippen LogP) is 3.95. The molecule has 5 heteroatoms. The zero-order chi connectivity index (χ0) is 16.9. The molecular weight excluding hydrogens is 317 g/mol. The first-order chi connectivity index (χ1) is 10.9. The highest BCUT2D eigenvalue weighted by molar-refractivity contribution is 6.32. The lowest BCUT2D eigenvalue weighted by molar-refractivity contribution is -0.123. The van der Waals surface area contributed by atoms with Crippen LogP contribution in [0.1, 0.15) is 19.4 Å². The van der Waals surface area contributed by atoms with Crippen LogP contribution in [0.4, 0.5) is 4.39 Å². The summed E-state index contributed by atoms with van der Waals surface area (Å²) < 4.78 is 18.3. The van der Waals surface area contributed by atoms with Crippen LogP contribution in [-0.4, -0.2) is 19.1 Å². The number of hydrogen-bond donors (Lipinski definition) is 1. The summed E-state index contributed by atoms with van der Waals surface area (Å²) in [6.07, 6.45) is 0. The van der Waals surface area contributed by atoms with Crippen LogP contribution in [0.2, 0.25) is 5.02 Å². The van der Waals surface area contributed by atoms with E-state index in [-0.39, 0.29) is 28.7 Å². The van der Waals surface area contributed by atoms with Gasteiger partial charge in [0.25, 0.3) is 5.91 Å². The number of halogens is 2. The van der Waals surface area contributed by atoms with Crippen LogP contribution in [0.3, 0.4) is 0 Å². The summed E-state index contributed by atoms with van der Waals surface area (Å²) in [4.78, 5) is 11.9. The van der Waals surface area contributed by atoms with Crippen LogP contribution < -0.4 is 10.1 Å². The molecule has 2 aromatic rings. The molecule has 0 radical (unpaired) electrons. The van der Waals surface area contributed by atoms with Gasteiger partial charge in [-0.1, -0.05) is 55.8 Å². The number of amides is 1. The van der Waals surface area contributed by atoms with Crippen molar-refractivity contribution in [3.63, 3.8) is 0 Å². The normalized spacial score (nSPS) is 11.1. The number of ether oxygens (including phenoxy) is 1. The Bertz CT molecular complexity index is 674. The van der Waals surface area contributed by atoms with Gasteiger partial charge in [0.1, 0.15) is 11.6 Å². The molecule has 0 saturated heterocycles. The number of rotatable bonds is 6. The average Bonchev–Trinajstić information content (AvgIpc) is 2.53. The van der Waals surface area contributed by atoms with Gasteiger partial charge in [0.15, 0.2) is 6.61 Å². The molecule has 0 heterocycles. The Labute approximate surface area is 140 Å². The topological polar surface area (TPSA) is 38.3 Å². The van der Waals surface area contributed by atoms with E-state index < -0.39 is 5.82 Å². The SMILES string of the molecule is CC(C)(CNC(=O)COc1ccc(F)cc1Cl)c1ccccc1. The monoisotopic (exact) mass is 335 g/mol. The molecule has 23 heavy (non-hydrogen) atoms. The van der Waals surface area contributed by atoms with Crippen molar-refractivity contribution in [2.75, 3.05) is 13.2 Å². The van der Waals surface area contributed by atoms with Gasteiger partial charge in [-0.3, -0.25) is 4.79 Å². The summed E-state index contributed by atoms with van der Waals surface area (Å²) in [5.41, 5.74) is 0.951. The molecule has 0 aromatic heterocycles. The molecule has 0 unspecified atom stereocenters. The van der Waals surface area contributed by atoms with Crippen LogP contribution >= 0.6 is 11.6 Å². The van der Waals surface area contributed by atoms with Crippen molar-refractivity contribution in [1.29, 1.82) is 0 Å². The highest BCUT2D eigenvalue weighted by Gasteiger charge is 2.21. The second kappa shape index (κ2) is 7.47. The Kier molecular flexibility index (Phi) is 5.61. The molecule has 1 N–H and O–H groups in total. The van der Waals surface area contributed by atoms with E-state index in [2.05, 4.69) is 19.2 Å². The lowest BCUT2D eigenvalue weighted by Gasteiger charge is -2.25. The summed E-state index contributed by atoms with van der Waals surface area (Å²) in [6, 6.07) is 13.7. The second-order valence-electron chi connectivity index (χ2n) is 5.89. The smallest absolute Gasteiger partial charge is 0.257 e. The van der Waals surface area contributed by atoms with Crippen molar-refractivity contribution in [1.82, 2.24) is 5.32 Å². The molecule has 0 saturated carbocycles. The van der Waals surface area contributed by atoms with Crippen LogP contribution in [0.25, 0.3) is 0 Å². The Morgan fingerprint density at radius 1 is 1.22 bits per heavy atom. The molecule has 1 amide bonds. The van der Waals surface area contributed by atoms with E-state index in [0.717, 1.165) is 11.6 Å². The molecule has 0 fully saturated rings. The fourth-order valence-corrected chi connectivity index (χ4v) is 2.32. The first kappa shape index (κ1) is 17.3. The van der Waals surface area contributed by atoms with Gasteiger partial charge in [-0.05, 0) is 23.8 Å². The van der Waals surface area contributed by atoms with E-state index in [9.17, 15) is 9.18 Å². The molecule has 0 aliphatic heterocycles. The minimum absolute atomic E-state index is 0.141. The minimum Gasteiger partial charge on any atom is -0.482 e. The quantitative estimate of drug-likeness (QED) is 0.868. The number of benzene rings is 2. The van der Waals surface area contributed by atoms with Crippen LogP contribution in [0, 0.1) is 5.82 Å². The highest BCUT2D eigenvalue weighted by atomic mass is 35.5. The fraction of sp³-hybridized carbons (Fsp3) is 0.278. The van der Waals surface area contributed by atoms with Gasteiger partial charge in [0, 0.05) is 12.0 Å². The van der Waals surface area contributed by atoms with E-state index in [1.165, 1.54) is 12.1 Å². The Morgan fingerprint density at radius 2 is 1.91 bits per heavy atom. The van der Waals surface area contributed by atoms with Gasteiger partial charge in [-0.15, -0.1) is 0 Å². The van der Waals surface area contributed by atoms with Crippen molar-refractivity contribution in [2.45, 2.75) is 19.3 Å². The van der Waals surface area contributed by atoms with E-state index in [4.69, 9.17) is 16.3 Å². The maximum absolute atomic E-state index is 12.9. The van der Waals surface area contributed by atoms with Crippen molar-refractivity contribution < 1.29 is 13.9 Å². The Balaban J connectivity index is 1.85. The van der Waals surface area contributed by atoms with Crippen LogP contribution in [-0.2, 0) is 10.2 Å². The molecule has 2 aromatic carbocycles. The zero-order valence-corrected chi connectivity index (χ0v) is 13.9. The van der Waals surface area contributed by atoms with E-state index in [1.54, 1.807) is 0 Å². The van der Waals surface area contributed by atoms with Crippen LogP contribution in [0.15, 0.2) is 48.5 Å². The fourth-order valence-electron chi connectivity index (χ4n) is 2.10. The van der Waals surface area contributed by atoms with Crippen molar-refractivity contribution in [3.05, 3.63) is 64.9 Å². The van der Waals surface area contributed by atoms with Gasteiger partial charge >= 0.3 is 0 Å². The third-order valence-electron chi connectivity index (χ3n) is 3.54. The molecule has 122 valence electrons. The number of carbonyl (C=O) groups excluding carboxylic acids is 1. The maximum atomic E-state index is 12.9. The number of hydrogen-bond acceptors (Lipinski definition) is 2. The molecule has 0 atom stereocenters. The third kappa shape index (κ3) is 4.96.